The molecule has 1 aromatic carbocycles. The average molecular weight is 258 g/mol. The highest BCUT2D eigenvalue weighted by molar-refractivity contribution is 5.94. The van der Waals surface area contributed by atoms with Gasteiger partial charge in [0.1, 0.15) is 0 Å². The molecule has 19 heavy (non-hydrogen) atoms. The fourth-order valence-electron chi connectivity index (χ4n) is 2.49. The van der Waals surface area contributed by atoms with Gasteiger partial charge in [-0.1, -0.05) is 6.07 Å². The third kappa shape index (κ3) is 3.12. The second kappa shape index (κ2) is 5.85. The number of hydrogen-bond acceptors (Lipinski definition) is 3. The zero-order chi connectivity index (χ0) is 13.8. The van der Waals surface area contributed by atoms with Gasteiger partial charge in [-0.15, -0.1) is 0 Å². The summed E-state index contributed by atoms with van der Waals surface area (Å²) in [4.78, 5) is 14.1. The normalized spacial score (nSPS) is 20.7. The predicted octanol–water partition coefficient (Wildman–Crippen LogP) is 1.79. The molecule has 0 aromatic heterocycles. The summed E-state index contributed by atoms with van der Waals surface area (Å²) < 4.78 is 0. The maximum atomic E-state index is 12.4. The number of aliphatic hydroxyl groups is 1. The first-order chi connectivity index (χ1) is 9.11. The van der Waals surface area contributed by atoms with E-state index in [9.17, 15) is 9.90 Å². The van der Waals surface area contributed by atoms with Crippen LogP contribution in [0.3, 0.4) is 0 Å². The van der Waals surface area contributed by atoms with Crippen molar-refractivity contribution >= 4 is 5.91 Å². The maximum absolute atomic E-state index is 12.4. The van der Waals surface area contributed by atoms with Gasteiger partial charge in [-0.2, -0.15) is 5.26 Å². The topological polar surface area (TPSA) is 64.3 Å². The molecule has 1 fully saturated rings. The summed E-state index contributed by atoms with van der Waals surface area (Å²) in [6, 6.07) is 8.80. The number of amides is 1. The zero-order valence-corrected chi connectivity index (χ0v) is 11.0. The Morgan fingerprint density at radius 3 is 3.05 bits per heavy atom. The number of carbonyl (C=O) groups is 1. The number of aliphatic hydroxyl groups excluding tert-OH is 1. The van der Waals surface area contributed by atoms with Crippen molar-refractivity contribution in [2.45, 2.75) is 25.9 Å². The van der Waals surface area contributed by atoms with Gasteiger partial charge in [-0.25, -0.2) is 0 Å². The lowest BCUT2D eigenvalue weighted by Crippen LogP contribution is -2.42. The van der Waals surface area contributed by atoms with E-state index in [0.29, 0.717) is 17.7 Å². The van der Waals surface area contributed by atoms with E-state index in [2.05, 4.69) is 0 Å². The van der Waals surface area contributed by atoms with Crippen LogP contribution >= 0.6 is 0 Å². The second-order valence-corrected chi connectivity index (χ2v) is 5.09. The molecule has 1 heterocycles. The largest absolute Gasteiger partial charge is 0.393 e. The Morgan fingerprint density at radius 1 is 1.58 bits per heavy atom. The van der Waals surface area contributed by atoms with Crippen molar-refractivity contribution in [1.29, 1.82) is 5.26 Å². The molecule has 1 N–H and O–H groups in total. The lowest BCUT2D eigenvalue weighted by Gasteiger charge is -2.34. The number of rotatable bonds is 2. The highest BCUT2D eigenvalue weighted by Crippen LogP contribution is 2.21. The smallest absolute Gasteiger partial charge is 0.253 e. The van der Waals surface area contributed by atoms with Crippen LogP contribution in [0.2, 0.25) is 0 Å². The number of likely N-dealkylation sites (tertiary alicyclic amines) is 1. The fraction of sp³-hybridized carbons (Fsp3) is 0.467. The van der Waals surface area contributed by atoms with E-state index in [-0.39, 0.29) is 17.9 Å². The molecule has 4 heteroatoms. The molecule has 1 aliphatic rings. The fourth-order valence-corrected chi connectivity index (χ4v) is 2.49. The van der Waals surface area contributed by atoms with Gasteiger partial charge in [0.25, 0.3) is 5.91 Å². The van der Waals surface area contributed by atoms with Crippen LogP contribution < -0.4 is 0 Å². The maximum Gasteiger partial charge on any atom is 0.253 e. The Kier molecular flexibility index (Phi) is 4.18. The number of benzene rings is 1. The van der Waals surface area contributed by atoms with Crippen LogP contribution in [0.15, 0.2) is 24.3 Å². The Morgan fingerprint density at radius 2 is 2.37 bits per heavy atom. The van der Waals surface area contributed by atoms with Gasteiger partial charge >= 0.3 is 0 Å². The number of piperidine rings is 1. The molecule has 1 amide bonds. The molecule has 0 saturated carbocycles. The SMILES string of the molecule is CC(O)C1CCCN(C(=O)c2cccc(C#N)c2)C1. The Bertz CT molecular complexity index is 505. The van der Waals surface area contributed by atoms with E-state index < -0.39 is 0 Å². The molecule has 4 nitrogen and oxygen atoms in total. The van der Waals surface area contributed by atoms with Crippen LogP contribution in [0.25, 0.3) is 0 Å². The van der Waals surface area contributed by atoms with Gasteiger partial charge in [0.2, 0.25) is 0 Å². The van der Waals surface area contributed by atoms with Gasteiger partial charge in [-0.3, -0.25) is 4.79 Å². The first-order valence-electron chi connectivity index (χ1n) is 6.59. The molecule has 1 aliphatic heterocycles. The van der Waals surface area contributed by atoms with Crippen molar-refractivity contribution in [3.8, 4) is 6.07 Å². The van der Waals surface area contributed by atoms with E-state index in [1.54, 1.807) is 36.1 Å². The molecule has 2 rings (SSSR count). The van der Waals surface area contributed by atoms with Crippen molar-refractivity contribution < 1.29 is 9.90 Å². The van der Waals surface area contributed by atoms with Gasteiger partial charge in [-0.05, 0) is 38.0 Å². The van der Waals surface area contributed by atoms with Crippen molar-refractivity contribution in [2.75, 3.05) is 13.1 Å². The van der Waals surface area contributed by atoms with Crippen molar-refractivity contribution in [1.82, 2.24) is 4.90 Å². The van der Waals surface area contributed by atoms with E-state index in [1.807, 2.05) is 6.07 Å². The first kappa shape index (κ1) is 13.6. The van der Waals surface area contributed by atoms with E-state index in [4.69, 9.17) is 5.26 Å². The number of carbonyl (C=O) groups excluding carboxylic acids is 1. The zero-order valence-electron chi connectivity index (χ0n) is 11.0. The molecular weight excluding hydrogens is 240 g/mol. The van der Waals surface area contributed by atoms with Crippen molar-refractivity contribution in [2.24, 2.45) is 5.92 Å². The summed E-state index contributed by atoms with van der Waals surface area (Å²) in [5, 5.41) is 18.5. The van der Waals surface area contributed by atoms with Gasteiger partial charge in [0.05, 0.1) is 17.7 Å². The average Bonchev–Trinajstić information content (AvgIpc) is 2.46. The lowest BCUT2D eigenvalue weighted by molar-refractivity contribution is 0.0466. The summed E-state index contributed by atoms with van der Waals surface area (Å²) in [6.07, 6.45) is 1.49. The molecular formula is C15H18N2O2. The van der Waals surface area contributed by atoms with Crippen LogP contribution in [-0.4, -0.2) is 35.1 Å². The lowest BCUT2D eigenvalue weighted by atomic mass is 9.93. The summed E-state index contributed by atoms with van der Waals surface area (Å²) in [5.41, 5.74) is 1.04. The minimum atomic E-state index is -0.388. The number of nitrogens with zero attached hydrogens (tertiary/aromatic N) is 2. The highest BCUT2D eigenvalue weighted by Gasteiger charge is 2.27. The van der Waals surface area contributed by atoms with Gasteiger partial charge < -0.3 is 10.0 Å². The molecule has 0 spiro atoms. The quantitative estimate of drug-likeness (QED) is 0.879. The molecule has 0 radical (unpaired) electrons. The minimum absolute atomic E-state index is 0.0533. The van der Waals surface area contributed by atoms with Gasteiger partial charge in [0, 0.05) is 24.6 Å². The number of nitriles is 1. The summed E-state index contributed by atoms with van der Waals surface area (Å²) in [5.74, 6) is 0.0966. The molecule has 100 valence electrons. The molecule has 0 aliphatic carbocycles. The van der Waals surface area contributed by atoms with E-state index in [0.717, 1.165) is 19.4 Å². The molecule has 1 aromatic rings. The Balaban J connectivity index is 2.12. The molecule has 2 unspecified atom stereocenters. The van der Waals surface area contributed by atoms with Crippen molar-refractivity contribution in [3.63, 3.8) is 0 Å². The number of hydrogen-bond donors (Lipinski definition) is 1. The Hall–Kier alpha value is -1.86. The van der Waals surface area contributed by atoms with Crippen LogP contribution in [-0.2, 0) is 0 Å². The van der Waals surface area contributed by atoms with Crippen LogP contribution in [0.1, 0.15) is 35.7 Å². The Labute approximate surface area is 113 Å². The van der Waals surface area contributed by atoms with Crippen LogP contribution in [0.4, 0.5) is 0 Å². The predicted molar refractivity (Wildman–Crippen MR) is 71.5 cm³/mol. The summed E-state index contributed by atoms with van der Waals surface area (Å²) in [6.45, 7) is 3.08. The third-order valence-electron chi connectivity index (χ3n) is 3.67. The van der Waals surface area contributed by atoms with E-state index in [1.165, 1.54) is 0 Å². The monoisotopic (exact) mass is 258 g/mol. The second-order valence-electron chi connectivity index (χ2n) is 5.09. The summed E-state index contributed by atoms with van der Waals surface area (Å²) in [7, 11) is 0. The van der Waals surface area contributed by atoms with Crippen LogP contribution in [0, 0.1) is 17.2 Å². The molecule has 1 saturated heterocycles. The summed E-state index contributed by atoms with van der Waals surface area (Å²) >= 11 is 0. The van der Waals surface area contributed by atoms with Gasteiger partial charge in [0.15, 0.2) is 0 Å². The molecule has 0 bridgehead atoms. The standard InChI is InChI=1S/C15H18N2O2/c1-11(18)14-6-3-7-17(10-14)15(19)13-5-2-4-12(8-13)9-16/h2,4-5,8,11,14,18H,3,6-7,10H2,1H3. The first-order valence-corrected chi connectivity index (χ1v) is 6.59. The van der Waals surface area contributed by atoms with Crippen molar-refractivity contribution in [3.05, 3.63) is 35.4 Å². The molecule has 2 atom stereocenters. The van der Waals surface area contributed by atoms with E-state index >= 15 is 0 Å². The van der Waals surface area contributed by atoms with Crippen LogP contribution in [0.5, 0.6) is 0 Å². The highest BCUT2D eigenvalue weighted by atomic mass is 16.3. The third-order valence-corrected chi connectivity index (χ3v) is 3.67. The minimum Gasteiger partial charge on any atom is -0.393 e.